The number of carbonyl (C=O) groups is 1. The maximum absolute atomic E-state index is 13.9. The average molecular weight is 277 g/mol. The molecule has 5 nitrogen and oxygen atoms in total. The van der Waals surface area contributed by atoms with Crippen LogP contribution < -0.4 is 5.32 Å². The number of rotatable bonds is 2. The first-order valence-electron chi connectivity index (χ1n) is 6.21. The maximum atomic E-state index is 13.9. The Morgan fingerprint density at radius 1 is 1.40 bits per heavy atom. The van der Waals surface area contributed by atoms with Crippen LogP contribution in [0, 0.1) is 5.82 Å². The van der Waals surface area contributed by atoms with Crippen LogP contribution >= 0.6 is 0 Å². The Morgan fingerprint density at radius 3 is 2.85 bits per heavy atom. The second-order valence-electron chi connectivity index (χ2n) is 5.34. The molecule has 0 fully saturated rings. The second-order valence-corrected chi connectivity index (χ2v) is 5.34. The predicted octanol–water partition coefficient (Wildman–Crippen LogP) is 2.79. The molecule has 0 saturated carbocycles. The predicted molar refractivity (Wildman–Crippen MR) is 72.6 cm³/mol. The van der Waals surface area contributed by atoms with Crippen molar-refractivity contribution in [2.24, 2.45) is 0 Å². The zero-order valence-corrected chi connectivity index (χ0v) is 11.6. The summed E-state index contributed by atoms with van der Waals surface area (Å²) in [5, 5.41) is 3.10. The average Bonchev–Trinajstić information content (AvgIpc) is 2.35. The standard InChI is InChI=1S/C14H16FN3O2/c1-14(2,3)20-13(19)17-7-9-10-6-16-8-18-12(10)5-4-11(9)15/h4-6,8H,7H2,1-3H3,(H,17,19). The number of alkyl carbamates (subject to hydrolysis) is 1. The molecule has 0 aliphatic heterocycles. The van der Waals surface area contributed by atoms with Crippen molar-refractivity contribution < 1.29 is 13.9 Å². The third kappa shape index (κ3) is 3.40. The molecule has 106 valence electrons. The van der Waals surface area contributed by atoms with E-state index < -0.39 is 17.5 Å². The van der Waals surface area contributed by atoms with Crippen LogP contribution in [-0.2, 0) is 11.3 Å². The lowest BCUT2D eigenvalue weighted by Gasteiger charge is -2.19. The van der Waals surface area contributed by atoms with Crippen molar-refractivity contribution in [3.8, 4) is 0 Å². The lowest BCUT2D eigenvalue weighted by atomic mass is 10.1. The number of hydrogen-bond acceptors (Lipinski definition) is 4. The fourth-order valence-corrected chi connectivity index (χ4v) is 1.74. The van der Waals surface area contributed by atoms with Crippen LogP contribution in [0.2, 0.25) is 0 Å². The molecule has 0 saturated heterocycles. The number of aromatic nitrogens is 2. The van der Waals surface area contributed by atoms with E-state index in [1.165, 1.54) is 18.6 Å². The summed E-state index contributed by atoms with van der Waals surface area (Å²) in [6, 6.07) is 2.89. The molecule has 0 atom stereocenters. The van der Waals surface area contributed by atoms with E-state index in [-0.39, 0.29) is 6.54 Å². The van der Waals surface area contributed by atoms with Crippen molar-refractivity contribution in [3.05, 3.63) is 36.0 Å². The highest BCUT2D eigenvalue weighted by molar-refractivity contribution is 5.81. The molecule has 20 heavy (non-hydrogen) atoms. The Bertz CT molecular complexity index is 638. The van der Waals surface area contributed by atoms with Gasteiger partial charge in [0, 0.05) is 23.7 Å². The van der Waals surface area contributed by atoms with Crippen molar-refractivity contribution in [1.82, 2.24) is 15.3 Å². The number of carbonyl (C=O) groups excluding carboxylic acids is 1. The molecule has 0 bridgehead atoms. The molecule has 2 rings (SSSR count). The minimum atomic E-state index is -0.593. The Kier molecular flexibility index (Phi) is 3.83. The highest BCUT2D eigenvalue weighted by Crippen LogP contribution is 2.19. The SMILES string of the molecule is CC(C)(C)OC(=O)NCc1c(F)ccc2ncncc12. The van der Waals surface area contributed by atoms with Crippen molar-refractivity contribution >= 4 is 17.0 Å². The molecule has 0 aliphatic rings. The van der Waals surface area contributed by atoms with E-state index in [1.807, 2.05) is 0 Å². The summed E-state index contributed by atoms with van der Waals surface area (Å²) in [5.41, 5.74) is 0.376. The molecule has 0 radical (unpaired) electrons. The number of benzene rings is 1. The normalized spacial score (nSPS) is 11.4. The van der Waals surface area contributed by atoms with E-state index in [0.29, 0.717) is 16.5 Å². The van der Waals surface area contributed by atoms with Gasteiger partial charge in [-0.1, -0.05) is 0 Å². The molecular weight excluding hydrogens is 261 g/mol. The number of halogens is 1. The third-order valence-corrected chi connectivity index (χ3v) is 2.55. The molecule has 2 aromatic rings. The van der Waals surface area contributed by atoms with Gasteiger partial charge in [0.15, 0.2) is 0 Å². The van der Waals surface area contributed by atoms with Gasteiger partial charge in [0.25, 0.3) is 0 Å². The maximum Gasteiger partial charge on any atom is 0.407 e. The van der Waals surface area contributed by atoms with Crippen LogP contribution in [0.4, 0.5) is 9.18 Å². The van der Waals surface area contributed by atoms with Crippen molar-refractivity contribution in [2.75, 3.05) is 0 Å². The number of fused-ring (bicyclic) bond motifs is 1. The summed E-state index contributed by atoms with van der Waals surface area (Å²) in [6.07, 6.45) is 2.33. The molecule has 6 heteroatoms. The van der Waals surface area contributed by atoms with Crippen LogP contribution in [0.5, 0.6) is 0 Å². The fourth-order valence-electron chi connectivity index (χ4n) is 1.74. The first kappa shape index (κ1) is 14.2. The summed E-state index contributed by atoms with van der Waals surface area (Å²) in [5.74, 6) is -0.414. The molecule has 1 aromatic carbocycles. The van der Waals surface area contributed by atoms with Gasteiger partial charge in [-0.3, -0.25) is 0 Å². The monoisotopic (exact) mass is 277 g/mol. The minimum absolute atomic E-state index is 0.0193. The number of nitrogens with one attached hydrogen (secondary N) is 1. The van der Waals surface area contributed by atoms with Gasteiger partial charge >= 0.3 is 6.09 Å². The van der Waals surface area contributed by atoms with E-state index >= 15 is 0 Å². The first-order valence-corrected chi connectivity index (χ1v) is 6.21. The lowest BCUT2D eigenvalue weighted by molar-refractivity contribution is 0.0523. The third-order valence-electron chi connectivity index (χ3n) is 2.55. The van der Waals surface area contributed by atoms with Gasteiger partial charge in [0.2, 0.25) is 0 Å². The van der Waals surface area contributed by atoms with E-state index in [4.69, 9.17) is 4.74 Å². The largest absolute Gasteiger partial charge is 0.444 e. The van der Waals surface area contributed by atoms with E-state index in [9.17, 15) is 9.18 Å². The molecular formula is C14H16FN3O2. The van der Waals surface area contributed by atoms with Gasteiger partial charge in [0.1, 0.15) is 17.7 Å². The Labute approximate surface area is 116 Å². The molecule has 0 aliphatic carbocycles. The summed E-state index contributed by atoms with van der Waals surface area (Å²) in [4.78, 5) is 19.5. The molecule has 1 amide bonds. The van der Waals surface area contributed by atoms with Crippen molar-refractivity contribution in [3.63, 3.8) is 0 Å². The first-order chi connectivity index (χ1) is 9.37. The zero-order chi connectivity index (χ0) is 14.8. The van der Waals surface area contributed by atoms with Gasteiger partial charge in [-0.05, 0) is 32.9 Å². The van der Waals surface area contributed by atoms with Crippen molar-refractivity contribution in [2.45, 2.75) is 32.9 Å². The summed E-state index contributed by atoms with van der Waals surface area (Å²) in [7, 11) is 0. The van der Waals surface area contributed by atoms with Gasteiger partial charge < -0.3 is 10.1 Å². The quantitative estimate of drug-likeness (QED) is 0.916. The fraction of sp³-hybridized carbons (Fsp3) is 0.357. The summed E-state index contributed by atoms with van der Waals surface area (Å²) < 4.78 is 19.0. The van der Waals surface area contributed by atoms with E-state index in [2.05, 4.69) is 15.3 Å². The van der Waals surface area contributed by atoms with Crippen LogP contribution in [-0.4, -0.2) is 21.7 Å². The summed E-state index contributed by atoms with van der Waals surface area (Å²) in [6.45, 7) is 5.31. The van der Waals surface area contributed by atoms with Crippen LogP contribution in [0.1, 0.15) is 26.3 Å². The van der Waals surface area contributed by atoms with Gasteiger partial charge in [-0.25, -0.2) is 19.2 Å². The molecule has 0 spiro atoms. The Balaban J connectivity index is 2.18. The minimum Gasteiger partial charge on any atom is -0.444 e. The molecule has 1 N–H and O–H groups in total. The topological polar surface area (TPSA) is 64.1 Å². The van der Waals surface area contributed by atoms with Crippen LogP contribution in [0.25, 0.3) is 10.9 Å². The number of amides is 1. The number of ether oxygens (including phenoxy) is 1. The number of nitrogens with zero attached hydrogens (tertiary/aromatic N) is 2. The highest BCUT2D eigenvalue weighted by Gasteiger charge is 2.17. The van der Waals surface area contributed by atoms with Crippen LogP contribution in [0.3, 0.4) is 0 Å². The van der Waals surface area contributed by atoms with Gasteiger partial charge in [0.05, 0.1) is 5.52 Å². The smallest absolute Gasteiger partial charge is 0.407 e. The molecule has 0 unspecified atom stereocenters. The Morgan fingerprint density at radius 2 is 2.15 bits per heavy atom. The zero-order valence-electron chi connectivity index (χ0n) is 11.6. The summed E-state index contributed by atoms with van der Waals surface area (Å²) >= 11 is 0. The second kappa shape index (κ2) is 5.40. The van der Waals surface area contributed by atoms with Gasteiger partial charge in [-0.2, -0.15) is 0 Å². The highest BCUT2D eigenvalue weighted by atomic mass is 19.1. The van der Waals surface area contributed by atoms with E-state index in [0.717, 1.165) is 0 Å². The van der Waals surface area contributed by atoms with E-state index in [1.54, 1.807) is 26.8 Å². The lowest BCUT2D eigenvalue weighted by Crippen LogP contribution is -2.32. The molecule has 1 heterocycles. The van der Waals surface area contributed by atoms with Crippen LogP contribution in [0.15, 0.2) is 24.7 Å². The van der Waals surface area contributed by atoms with Gasteiger partial charge in [-0.15, -0.1) is 0 Å². The Hall–Kier alpha value is -2.24. The molecule has 1 aromatic heterocycles. The number of hydrogen-bond donors (Lipinski definition) is 1. The van der Waals surface area contributed by atoms with Crippen molar-refractivity contribution in [1.29, 1.82) is 0 Å².